The molecule has 0 saturated carbocycles. The highest BCUT2D eigenvalue weighted by atomic mass is 32.2. The van der Waals surface area contributed by atoms with Gasteiger partial charge >= 0.3 is 11.9 Å². The summed E-state index contributed by atoms with van der Waals surface area (Å²) in [5.41, 5.74) is 0.609. The van der Waals surface area contributed by atoms with Crippen molar-refractivity contribution in [2.75, 3.05) is 0 Å². The molecule has 1 aromatic carbocycles. The molecule has 1 atom stereocenters. The maximum atomic E-state index is 12.2. The Morgan fingerprint density at radius 1 is 1.23 bits per heavy atom. The second-order valence-corrected chi connectivity index (χ2v) is 6.29. The van der Waals surface area contributed by atoms with Crippen LogP contribution in [-0.4, -0.2) is 45.2 Å². The van der Waals surface area contributed by atoms with Crippen LogP contribution in [0.4, 0.5) is 4.79 Å². The van der Waals surface area contributed by atoms with Crippen molar-refractivity contribution in [3.8, 4) is 0 Å². The van der Waals surface area contributed by atoms with Crippen molar-refractivity contribution < 1.29 is 34.2 Å². The second kappa shape index (κ2) is 8.30. The molecule has 0 spiro atoms. The number of carboxylic acid groups (broad SMARTS) is 2. The van der Waals surface area contributed by atoms with Crippen molar-refractivity contribution in [1.82, 2.24) is 10.6 Å². The summed E-state index contributed by atoms with van der Waals surface area (Å²) in [6.45, 7) is 0. The lowest BCUT2D eigenvalue weighted by atomic mass is 10.1. The molecule has 2 rings (SSSR count). The van der Waals surface area contributed by atoms with E-state index in [1.165, 1.54) is 24.3 Å². The van der Waals surface area contributed by atoms with Gasteiger partial charge in [-0.1, -0.05) is 12.1 Å². The first-order valence-electron chi connectivity index (χ1n) is 7.36. The van der Waals surface area contributed by atoms with Crippen LogP contribution in [-0.2, 0) is 14.4 Å². The summed E-state index contributed by atoms with van der Waals surface area (Å²) < 4.78 is 0. The number of carbonyl (C=O) groups is 5. The lowest BCUT2D eigenvalue weighted by molar-refractivity contribution is -0.140. The van der Waals surface area contributed by atoms with Crippen LogP contribution >= 0.6 is 11.8 Å². The first-order chi connectivity index (χ1) is 12.3. The van der Waals surface area contributed by atoms with Gasteiger partial charge in [0.05, 0.1) is 4.91 Å². The predicted octanol–water partition coefficient (Wildman–Crippen LogP) is 1.06. The van der Waals surface area contributed by atoms with Crippen molar-refractivity contribution in [1.29, 1.82) is 0 Å². The number of aliphatic carboxylic acids is 2. The zero-order chi connectivity index (χ0) is 19.3. The third kappa shape index (κ3) is 5.18. The molecule has 1 aliphatic rings. The van der Waals surface area contributed by atoms with E-state index in [0.717, 1.165) is 11.8 Å². The summed E-state index contributed by atoms with van der Waals surface area (Å²) in [7, 11) is 0. The largest absolute Gasteiger partial charge is 0.481 e. The predicted molar refractivity (Wildman–Crippen MR) is 91.3 cm³/mol. The van der Waals surface area contributed by atoms with Gasteiger partial charge < -0.3 is 15.5 Å². The quantitative estimate of drug-likeness (QED) is 0.514. The SMILES string of the molecule is O=C(O)CC[C@H](NC(=O)c1cccc(/C=C2\SC(=O)NC2=O)c1)C(=O)O. The van der Waals surface area contributed by atoms with Gasteiger partial charge in [-0.25, -0.2) is 4.79 Å². The highest BCUT2D eigenvalue weighted by molar-refractivity contribution is 8.18. The second-order valence-electron chi connectivity index (χ2n) is 5.27. The van der Waals surface area contributed by atoms with E-state index in [2.05, 4.69) is 10.6 Å². The van der Waals surface area contributed by atoms with Gasteiger partial charge in [0.2, 0.25) is 0 Å². The summed E-state index contributed by atoms with van der Waals surface area (Å²) in [4.78, 5) is 56.8. The molecular weight excluding hydrogens is 364 g/mol. The molecule has 136 valence electrons. The zero-order valence-corrected chi connectivity index (χ0v) is 14.0. The van der Waals surface area contributed by atoms with Gasteiger partial charge in [0.15, 0.2) is 0 Å². The lowest BCUT2D eigenvalue weighted by Gasteiger charge is -2.13. The summed E-state index contributed by atoms with van der Waals surface area (Å²) in [6.07, 6.45) is 0.781. The molecule has 0 bridgehead atoms. The van der Waals surface area contributed by atoms with Crippen molar-refractivity contribution in [3.63, 3.8) is 0 Å². The smallest absolute Gasteiger partial charge is 0.326 e. The minimum Gasteiger partial charge on any atom is -0.481 e. The third-order valence-corrected chi connectivity index (χ3v) is 4.15. The molecule has 26 heavy (non-hydrogen) atoms. The van der Waals surface area contributed by atoms with Crippen LogP contribution < -0.4 is 10.6 Å². The Morgan fingerprint density at radius 3 is 2.54 bits per heavy atom. The molecule has 0 aliphatic carbocycles. The number of hydrogen-bond acceptors (Lipinski definition) is 6. The van der Waals surface area contributed by atoms with Crippen LogP contribution in [0, 0.1) is 0 Å². The van der Waals surface area contributed by atoms with Crippen molar-refractivity contribution >= 4 is 46.8 Å². The topological polar surface area (TPSA) is 150 Å². The number of thioether (sulfide) groups is 1. The van der Waals surface area contributed by atoms with E-state index in [9.17, 15) is 24.0 Å². The Morgan fingerprint density at radius 2 is 1.96 bits per heavy atom. The molecular formula is C16H14N2O7S. The average Bonchev–Trinajstić information content (AvgIpc) is 2.88. The van der Waals surface area contributed by atoms with Crippen molar-refractivity contribution in [2.45, 2.75) is 18.9 Å². The van der Waals surface area contributed by atoms with Gasteiger partial charge in [0, 0.05) is 12.0 Å². The standard InChI is InChI=1S/C16H14N2O7S/c19-12(20)5-4-10(15(23)24)17-13(21)9-3-1-2-8(6-9)7-11-14(22)18-16(25)26-11/h1-3,6-7,10H,4-5H2,(H,17,21)(H,19,20)(H,23,24)(H,18,22,25)/b11-7-/t10-/m0/s1. The fourth-order valence-corrected chi connectivity index (χ4v) is 2.79. The average molecular weight is 378 g/mol. The van der Waals surface area contributed by atoms with Gasteiger partial charge in [-0.2, -0.15) is 0 Å². The number of rotatable bonds is 7. The van der Waals surface area contributed by atoms with Crippen molar-refractivity contribution in [3.05, 3.63) is 40.3 Å². The van der Waals surface area contributed by atoms with E-state index in [1.54, 1.807) is 6.07 Å². The Balaban J connectivity index is 2.13. The Kier molecular flexibility index (Phi) is 6.12. The number of benzene rings is 1. The van der Waals surface area contributed by atoms with Gasteiger partial charge in [-0.15, -0.1) is 0 Å². The Bertz CT molecular complexity index is 819. The Labute approximate surface area is 151 Å². The molecule has 1 heterocycles. The number of carboxylic acids is 2. The van der Waals surface area contributed by atoms with E-state index in [4.69, 9.17) is 10.2 Å². The van der Waals surface area contributed by atoms with E-state index in [0.29, 0.717) is 5.56 Å². The molecule has 10 heteroatoms. The molecule has 9 nitrogen and oxygen atoms in total. The molecule has 1 fully saturated rings. The molecule has 3 amide bonds. The summed E-state index contributed by atoms with van der Waals surface area (Å²) in [6, 6.07) is 4.68. The van der Waals surface area contributed by atoms with E-state index in [1.807, 2.05) is 0 Å². The van der Waals surface area contributed by atoms with E-state index < -0.39 is 41.5 Å². The summed E-state index contributed by atoms with van der Waals surface area (Å²) in [5.74, 6) is -3.73. The zero-order valence-electron chi connectivity index (χ0n) is 13.2. The highest BCUT2D eigenvalue weighted by Crippen LogP contribution is 2.25. The number of hydrogen-bond donors (Lipinski definition) is 4. The van der Waals surface area contributed by atoms with Crippen LogP contribution in [0.2, 0.25) is 0 Å². The maximum absolute atomic E-state index is 12.2. The summed E-state index contributed by atoms with van der Waals surface area (Å²) in [5, 5.41) is 21.6. The van der Waals surface area contributed by atoms with Gasteiger partial charge in [-0.3, -0.25) is 24.5 Å². The molecule has 0 radical (unpaired) electrons. The van der Waals surface area contributed by atoms with Gasteiger partial charge in [0.1, 0.15) is 6.04 Å². The minimum atomic E-state index is -1.34. The number of imide groups is 1. The molecule has 1 aromatic rings. The van der Waals surface area contributed by atoms with Crippen LogP contribution in [0.5, 0.6) is 0 Å². The highest BCUT2D eigenvalue weighted by Gasteiger charge is 2.25. The molecule has 1 aliphatic heterocycles. The monoisotopic (exact) mass is 378 g/mol. The maximum Gasteiger partial charge on any atom is 0.326 e. The van der Waals surface area contributed by atoms with E-state index in [-0.39, 0.29) is 16.9 Å². The lowest BCUT2D eigenvalue weighted by Crippen LogP contribution is -2.41. The molecule has 4 N–H and O–H groups in total. The van der Waals surface area contributed by atoms with E-state index >= 15 is 0 Å². The Hall–Kier alpha value is -3.14. The molecule has 0 aromatic heterocycles. The normalized spacial score (nSPS) is 16.2. The fraction of sp³-hybridized carbons (Fsp3) is 0.188. The number of nitrogens with one attached hydrogen (secondary N) is 2. The molecule has 0 unspecified atom stereocenters. The van der Waals surface area contributed by atoms with Crippen LogP contribution in [0.1, 0.15) is 28.8 Å². The van der Waals surface area contributed by atoms with Crippen LogP contribution in [0.3, 0.4) is 0 Å². The fourth-order valence-electron chi connectivity index (χ4n) is 2.11. The summed E-state index contributed by atoms with van der Waals surface area (Å²) >= 11 is 0.734. The van der Waals surface area contributed by atoms with Gasteiger partial charge in [-0.05, 0) is 42.0 Å². The van der Waals surface area contributed by atoms with Crippen LogP contribution in [0.15, 0.2) is 29.2 Å². The first-order valence-corrected chi connectivity index (χ1v) is 8.18. The first kappa shape index (κ1) is 19.2. The van der Waals surface area contributed by atoms with Crippen molar-refractivity contribution in [2.24, 2.45) is 0 Å². The molecule has 1 saturated heterocycles. The van der Waals surface area contributed by atoms with Gasteiger partial charge in [0.25, 0.3) is 17.1 Å². The number of amides is 3. The number of carbonyl (C=O) groups excluding carboxylic acids is 3. The van der Waals surface area contributed by atoms with Crippen LogP contribution in [0.25, 0.3) is 6.08 Å². The third-order valence-electron chi connectivity index (χ3n) is 3.34. The minimum absolute atomic E-state index is 0.135.